The van der Waals surface area contributed by atoms with Crippen molar-refractivity contribution in [1.82, 2.24) is 10.2 Å². The number of hydrogen-bond donors (Lipinski definition) is 2. The van der Waals surface area contributed by atoms with Gasteiger partial charge in [0.2, 0.25) is 0 Å². The van der Waals surface area contributed by atoms with Gasteiger partial charge in [-0.2, -0.15) is 0 Å². The van der Waals surface area contributed by atoms with Crippen molar-refractivity contribution in [3.8, 4) is 0 Å². The molecule has 2 rings (SSSR count). The molecule has 1 aromatic rings. The van der Waals surface area contributed by atoms with Crippen LogP contribution in [0, 0.1) is 0 Å². The molecule has 1 fully saturated rings. The molecule has 1 aliphatic rings. The number of quaternary nitrogens is 1. The Morgan fingerprint density at radius 3 is 2.55 bits per heavy atom. The summed E-state index contributed by atoms with van der Waals surface area (Å²) in [6.45, 7) is 1.45. The standard InChI is InChI=1S/C15H21N3O2/c1-17(2)9-6-10-18-14(19)13(16-15(18)20)11-12-7-4-3-5-8-12/h3-5,7-8,13H,6,9-11H2,1-2H3,(H,16,20)/p+1/t13-/m0/s1. The van der Waals surface area contributed by atoms with Crippen LogP contribution in [0.2, 0.25) is 0 Å². The number of imide groups is 1. The summed E-state index contributed by atoms with van der Waals surface area (Å²) in [6.07, 6.45) is 1.39. The van der Waals surface area contributed by atoms with Gasteiger partial charge in [0, 0.05) is 19.4 Å². The second-order valence-corrected chi connectivity index (χ2v) is 5.49. The topological polar surface area (TPSA) is 53.9 Å². The molecule has 1 heterocycles. The quantitative estimate of drug-likeness (QED) is 0.700. The fourth-order valence-electron chi connectivity index (χ4n) is 2.37. The minimum absolute atomic E-state index is 0.104. The Morgan fingerprint density at radius 2 is 1.90 bits per heavy atom. The molecule has 1 atom stereocenters. The fraction of sp³-hybridized carbons (Fsp3) is 0.467. The Bertz CT molecular complexity index is 473. The van der Waals surface area contributed by atoms with Gasteiger partial charge in [-0.15, -0.1) is 0 Å². The maximum atomic E-state index is 12.2. The Labute approximate surface area is 119 Å². The molecule has 1 saturated heterocycles. The van der Waals surface area contributed by atoms with Gasteiger partial charge < -0.3 is 10.2 Å². The van der Waals surface area contributed by atoms with Crippen molar-refractivity contribution in [2.75, 3.05) is 27.2 Å². The van der Waals surface area contributed by atoms with Gasteiger partial charge in [-0.1, -0.05) is 30.3 Å². The third kappa shape index (κ3) is 3.57. The molecule has 1 aromatic carbocycles. The van der Waals surface area contributed by atoms with E-state index >= 15 is 0 Å². The molecule has 0 unspecified atom stereocenters. The zero-order chi connectivity index (χ0) is 14.5. The van der Waals surface area contributed by atoms with Crippen LogP contribution in [0.5, 0.6) is 0 Å². The number of nitrogens with zero attached hydrogens (tertiary/aromatic N) is 1. The summed E-state index contributed by atoms with van der Waals surface area (Å²) in [5.74, 6) is -0.104. The normalized spacial score (nSPS) is 18.8. The Balaban J connectivity index is 1.91. The zero-order valence-corrected chi connectivity index (χ0v) is 12.1. The highest BCUT2D eigenvalue weighted by Crippen LogP contribution is 2.12. The number of carbonyl (C=O) groups excluding carboxylic acids is 2. The molecule has 3 amide bonds. The van der Waals surface area contributed by atoms with Crippen LogP contribution in [-0.4, -0.2) is 50.1 Å². The first-order chi connectivity index (χ1) is 9.58. The largest absolute Gasteiger partial charge is 0.340 e. The van der Waals surface area contributed by atoms with Gasteiger partial charge in [0.1, 0.15) is 6.04 Å². The number of amides is 3. The van der Waals surface area contributed by atoms with E-state index in [0.29, 0.717) is 13.0 Å². The Kier molecular flexibility index (Phi) is 4.74. The molecule has 0 aliphatic carbocycles. The molecule has 2 N–H and O–H groups in total. The first-order valence-corrected chi connectivity index (χ1v) is 7.03. The van der Waals surface area contributed by atoms with E-state index in [9.17, 15) is 9.59 Å². The van der Waals surface area contributed by atoms with Crippen LogP contribution in [0.4, 0.5) is 4.79 Å². The lowest BCUT2D eigenvalue weighted by Crippen LogP contribution is -3.05. The molecule has 108 valence electrons. The van der Waals surface area contributed by atoms with Gasteiger partial charge >= 0.3 is 6.03 Å². The van der Waals surface area contributed by atoms with Crippen molar-refractivity contribution in [3.63, 3.8) is 0 Å². The summed E-state index contributed by atoms with van der Waals surface area (Å²) in [4.78, 5) is 26.7. The third-order valence-electron chi connectivity index (χ3n) is 3.45. The van der Waals surface area contributed by atoms with Crippen molar-refractivity contribution >= 4 is 11.9 Å². The van der Waals surface area contributed by atoms with E-state index in [4.69, 9.17) is 0 Å². The smallest absolute Gasteiger partial charge is 0.324 e. The van der Waals surface area contributed by atoms with Gasteiger partial charge in [-0.05, 0) is 5.56 Å². The summed E-state index contributed by atoms with van der Waals surface area (Å²) in [5.41, 5.74) is 1.06. The van der Waals surface area contributed by atoms with Crippen molar-refractivity contribution in [3.05, 3.63) is 35.9 Å². The van der Waals surface area contributed by atoms with E-state index in [-0.39, 0.29) is 11.9 Å². The molecule has 0 radical (unpaired) electrons. The molecule has 5 nitrogen and oxygen atoms in total. The fourth-order valence-corrected chi connectivity index (χ4v) is 2.37. The molecule has 1 aliphatic heterocycles. The number of urea groups is 1. The SMILES string of the molecule is C[NH+](C)CCCN1C(=O)N[C@@H](Cc2ccccc2)C1=O. The Morgan fingerprint density at radius 1 is 1.20 bits per heavy atom. The number of nitrogens with one attached hydrogen (secondary N) is 2. The second-order valence-electron chi connectivity index (χ2n) is 5.49. The van der Waals surface area contributed by atoms with Crippen molar-refractivity contribution in [2.24, 2.45) is 0 Å². The lowest BCUT2D eigenvalue weighted by molar-refractivity contribution is -0.858. The highest BCUT2D eigenvalue weighted by atomic mass is 16.2. The van der Waals surface area contributed by atoms with E-state index in [0.717, 1.165) is 18.5 Å². The molecule has 0 bridgehead atoms. The van der Waals surface area contributed by atoms with Gasteiger partial charge in [-0.3, -0.25) is 9.69 Å². The van der Waals surface area contributed by atoms with E-state index < -0.39 is 6.04 Å². The van der Waals surface area contributed by atoms with E-state index in [1.54, 1.807) is 0 Å². The monoisotopic (exact) mass is 276 g/mol. The predicted octanol–water partition coefficient (Wildman–Crippen LogP) is -0.316. The first-order valence-electron chi connectivity index (χ1n) is 7.03. The zero-order valence-electron chi connectivity index (χ0n) is 12.1. The molecule has 0 spiro atoms. The summed E-state index contributed by atoms with van der Waals surface area (Å²) < 4.78 is 0. The maximum Gasteiger partial charge on any atom is 0.324 e. The van der Waals surface area contributed by atoms with Crippen molar-refractivity contribution in [1.29, 1.82) is 0 Å². The third-order valence-corrected chi connectivity index (χ3v) is 3.45. The number of hydrogen-bond acceptors (Lipinski definition) is 2. The Hall–Kier alpha value is -1.88. The summed E-state index contributed by atoms with van der Waals surface area (Å²) in [5, 5.41) is 2.77. The molecular weight excluding hydrogens is 254 g/mol. The number of benzene rings is 1. The maximum absolute atomic E-state index is 12.2. The summed E-state index contributed by atoms with van der Waals surface area (Å²) in [6, 6.07) is 9.08. The molecule has 20 heavy (non-hydrogen) atoms. The van der Waals surface area contributed by atoms with Crippen LogP contribution in [0.25, 0.3) is 0 Å². The van der Waals surface area contributed by atoms with Gasteiger partial charge in [0.15, 0.2) is 0 Å². The van der Waals surface area contributed by atoms with E-state index in [2.05, 4.69) is 19.4 Å². The van der Waals surface area contributed by atoms with E-state index in [1.165, 1.54) is 9.80 Å². The second kappa shape index (κ2) is 6.52. The lowest BCUT2D eigenvalue weighted by Gasteiger charge is -2.14. The minimum Gasteiger partial charge on any atom is -0.340 e. The van der Waals surface area contributed by atoms with Crippen LogP contribution in [0.15, 0.2) is 30.3 Å². The molecular formula is C15H22N3O2+. The molecule has 5 heteroatoms. The highest BCUT2D eigenvalue weighted by Gasteiger charge is 2.37. The van der Waals surface area contributed by atoms with Crippen molar-refractivity contribution in [2.45, 2.75) is 18.9 Å². The minimum atomic E-state index is -0.420. The number of carbonyl (C=O) groups is 2. The summed E-state index contributed by atoms with van der Waals surface area (Å²) in [7, 11) is 4.12. The van der Waals surface area contributed by atoms with Crippen LogP contribution >= 0.6 is 0 Å². The highest BCUT2D eigenvalue weighted by molar-refractivity contribution is 6.04. The van der Waals surface area contributed by atoms with Gasteiger partial charge in [0.05, 0.1) is 20.6 Å². The van der Waals surface area contributed by atoms with Crippen LogP contribution < -0.4 is 10.2 Å². The predicted molar refractivity (Wildman–Crippen MR) is 76.5 cm³/mol. The van der Waals surface area contributed by atoms with Crippen molar-refractivity contribution < 1.29 is 14.5 Å². The average molecular weight is 276 g/mol. The van der Waals surface area contributed by atoms with Gasteiger partial charge in [-0.25, -0.2) is 4.79 Å². The lowest BCUT2D eigenvalue weighted by atomic mass is 10.1. The first kappa shape index (κ1) is 14.5. The summed E-state index contributed by atoms with van der Waals surface area (Å²) >= 11 is 0. The molecule has 0 saturated carbocycles. The van der Waals surface area contributed by atoms with Gasteiger partial charge in [0.25, 0.3) is 5.91 Å². The van der Waals surface area contributed by atoms with E-state index in [1.807, 2.05) is 30.3 Å². The average Bonchev–Trinajstić information content (AvgIpc) is 2.67. The van der Waals surface area contributed by atoms with Crippen LogP contribution in [0.1, 0.15) is 12.0 Å². The van der Waals surface area contributed by atoms with Crippen LogP contribution in [-0.2, 0) is 11.2 Å². The number of rotatable bonds is 6. The molecule has 0 aromatic heterocycles. The van der Waals surface area contributed by atoms with Crippen LogP contribution in [0.3, 0.4) is 0 Å².